The Morgan fingerprint density at radius 1 is 1.36 bits per heavy atom. The SMILES string of the molecule is O=C(COC(=O)/C=C/c1ccccc1[N+](=O)[O-])NC1CCS(=O)(=O)C1. The van der Waals surface area contributed by atoms with Gasteiger partial charge in [-0.15, -0.1) is 0 Å². The first-order valence-corrected chi connectivity index (χ1v) is 9.17. The largest absolute Gasteiger partial charge is 0.452 e. The third kappa shape index (κ3) is 5.68. The van der Waals surface area contributed by atoms with Crippen LogP contribution in [-0.2, 0) is 24.2 Å². The minimum Gasteiger partial charge on any atom is -0.452 e. The number of carbonyl (C=O) groups is 2. The molecule has 10 heteroatoms. The predicted molar refractivity (Wildman–Crippen MR) is 88.3 cm³/mol. The van der Waals surface area contributed by atoms with E-state index < -0.39 is 39.3 Å². The lowest BCUT2D eigenvalue weighted by atomic mass is 10.1. The van der Waals surface area contributed by atoms with Crippen molar-refractivity contribution in [3.8, 4) is 0 Å². The van der Waals surface area contributed by atoms with Gasteiger partial charge >= 0.3 is 5.97 Å². The first kappa shape index (κ1) is 18.6. The summed E-state index contributed by atoms with van der Waals surface area (Å²) in [5.41, 5.74) is 0.0665. The monoisotopic (exact) mass is 368 g/mol. The summed E-state index contributed by atoms with van der Waals surface area (Å²) in [7, 11) is -3.11. The average molecular weight is 368 g/mol. The van der Waals surface area contributed by atoms with E-state index in [4.69, 9.17) is 4.74 Å². The van der Waals surface area contributed by atoms with Crippen LogP contribution in [0, 0.1) is 10.1 Å². The average Bonchev–Trinajstić information content (AvgIpc) is 2.89. The van der Waals surface area contributed by atoms with Gasteiger partial charge in [0.1, 0.15) is 0 Å². The Balaban J connectivity index is 1.83. The number of nitrogens with one attached hydrogen (secondary N) is 1. The highest BCUT2D eigenvalue weighted by Gasteiger charge is 2.28. The van der Waals surface area contributed by atoms with Crippen LogP contribution < -0.4 is 5.32 Å². The van der Waals surface area contributed by atoms with E-state index in [0.29, 0.717) is 6.42 Å². The Kier molecular flexibility index (Phi) is 5.86. The molecule has 0 radical (unpaired) electrons. The van der Waals surface area contributed by atoms with Crippen LogP contribution in [0.15, 0.2) is 30.3 Å². The summed E-state index contributed by atoms with van der Waals surface area (Å²) in [6, 6.07) is 5.38. The summed E-state index contributed by atoms with van der Waals surface area (Å²) in [4.78, 5) is 33.5. The van der Waals surface area contributed by atoms with E-state index in [1.807, 2.05) is 0 Å². The zero-order valence-corrected chi connectivity index (χ0v) is 13.9. The number of hydrogen-bond acceptors (Lipinski definition) is 7. The van der Waals surface area contributed by atoms with Crippen molar-refractivity contribution in [1.29, 1.82) is 0 Å². The van der Waals surface area contributed by atoms with Gasteiger partial charge in [-0.2, -0.15) is 0 Å². The molecule has 25 heavy (non-hydrogen) atoms. The van der Waals surface area contributed by atoms with Crippen LogP contribution in [0.25, 0.3) is 6.08 Å². The quantitative estimate of drug-likeness (QED) is 0.334. The Hall–Kier alpha value is -2.75. The number of rotatable bonds is 6. The number of hydrogen-bond donors (Lipinski definition) is 1. The number of para-hydroxylation sites is 1. The summed E-state index contributed by atoms with van der Waals surface area (Å²) in [5, 5.41) is 13.3. The van der Waals surface area contributed by atoms with E-state index in [1.165, 1.54) is 24.3 Å². The topological polar surface area (TPSA) is 133 Å². The maximum Gasteiger partial charge on any atom is 0.331 e. The third-order valence-electron chi connectivity index (χ3n) is 3.48. The zero-order valence-electron chi connectivity index (χ0n) is 13.1. The smallest absolute Gasteiger partial charge is 0.331 e. The molecule has 1 fully saturated rings. The molecule has 1 aliphatic rings. The van der Waals surface area contributed by atoms with Gasteiger partial charge < -0.3 is 10.1 Å². The number of nitro groups is 1. The number of benzene rings is 1. The minimum absolute atomic E-state index is 0.0241. The van der Waals surface area contributed by atoms with Crippen molar-refractivity contribution < 1.29 is 27.7 Å². The van der Waals surface area contributed by atoms with Crippen molar-refractivity contribution >= 4 is 33.5 Å². The summed E-state index contributed by atoms with van der Waals surface area (Å²) in [6.07, 6.45) is 2.54. The van der Waals surface area contributed by atoms with Gasteiger partial charge in [0.2, 0.25) is 0 Å². The van der Waals surface area contributed by atoms with Gasteiger partial charge in [-0.25, -0.2) is 13.2 Å². The maximum absolute atomic E-state index is 11.6. The number of amides is 1. The number of esters is 1. The molecule has 1 aromatic carbocycles. The fraction of sp³-hybridized carbons (Fsp3) is 0.333. The van der Waals surface area contributed by atoms with Gasteiger partial charge in [0.15, 0.2) is 16.4 Å². The molecule has 1 aromatic rings. The zero-order chi connectivity index (χ0) is 18.4. The van der Waals surface area contributed by atoms with Gasteiger partial charge in [-0.05, 0) is 18.6 Å². The number of ether oxygens (including phenoxy) is 1. The molecular formula is C15H16N2O7S. The first-order chi connectivity index (χ1) is 11.8. The van der Waals surface area contributed by atoms with Gasteiger partial charge in [0.25, 0.3) is 11.6 Å². The van der Waals surface area contributed by atoms with Crippen molar-refractivity contribution in [2.24, 2.45) is 0 Å². The molecule has 0 saturated carbocycles. The fourth-order valence-corrected chi connectivity index (χ4v) is 3.99. The molecule has 0 bridgehead atoms. The van der Waals surface area contributed by atoms with Crippen molar-refractivity contribution in [3.63, 3.8) is 0 Å². The molecule has 1 saturated heterocycles. The highest BCUT2D eigenvalue weighted by molar-refractivity contribution is 7.91. The van der Waals surface area contributed by atoms with E-state index in [0.717, 1.165) is 6.08 Å². The van der Waals surface area contributed by atoms with Gasteiger partial charge in [0, 0.05) is 18.2 Å². The number of nitrogens with zero attached hydrogens (tertiary/aromatic N) is 1. The van der Waals surface area contributed by atoms with Crippen LogP contribution in [0.1, 0.15) is 12.0 Å². The molecule has 1 amide bonds. The summed E-state index contributed by atoms with van der Waals surface area (Å²) in [6.45, 7) is -0.559. The fourth-order valence-electron chi connectivity index (χ4n) is 2.32. The number of sulfone groups is 1. The lowest BCUT2D eigenvalue weighted by molar-refractivity contribution is -0.385. The molecule has 1 unspecified atom stereocenters. The van der Waals surface area contributed by atoms with E-state index in [9.17, 15) is 28.1 Å². The Labute approximate surface area is 143 Å². The minimum atomic E-state index is -3.11. The van der Waals surface area contributed by atoms with Gasteiger partial charge in [0.05, 0.1) is 22.0 Å². The molecule has 1 atom stereocenters. The molecular weight excluding hydrogens is 352 g/mol. The molecule has 134 valence electrons. The van der Waals surface area contributed by atoms with Crippen molar-refractivity contribution in [2.75, 3.05) is 18.1 Å². The molecule has 1 heterocycles. The first-order valence-electron chi connectivity index (χ1n) is 7.35. The van der Waals surface area contributed by atoms with Crippen molar-refractivity contribution in [3.05, 3.63) is 46.0 Å². The highest BCUT2D eigenvalue weighted by atomic mass is 32.2. The van der Waals surface area contributed by atoms with Crippen LogP contribution >= 0.6 is 0 Å². The standard InChI is InChI=1S/C15H16N2O7S/c18-14(16-12-7-8-25(22,23)10-12)9-24-15(19)6-5-11-3-1-2-4-13(11)17(20)21/h1-6,12H,7-10H2,(H,16,18)/b6-5+. The van der Waals surface area contributed by atoms with Crippen LogP contribution in [0.3, 0.4) is 0 Å². The summed E-state index contributed by atoms with van der Waals surface area (Å²) in [5.74, 6) is -1.54. The molecule has 1 N–H and O–H groups in total. The van der Waals surface area contributed by atoms with E-state index in [-0.39, 0.29) is 22.8 Å². The van der Waals surface area contributed by atoms with Crippen LogP contribution in [-0.4, -0.2) is 49.4 Å². The molecule has 9 nitrogen and oxygen atoms in total. The second-order valence-corrected chi connectivity index (χ2v) is 7.65. The normalized spacial score (nSPS) is 18.8. The van der Waals surface area contributed by atoms with Crippen LogP contribution in [0.4, 0.5) is 5.69 Å². The Morgan fingerprint density at radius 2 is 2.08 bits per heavy atom. The highest BCUT2D eigenvalue weighted by Crippen LogP contribution is 2.18. The summed E-state index contributed by atoms with van der Waals surface area (Å²) >= 11 is 0. The van der Waals surface area contributed by atoms with Gasteiger partial charge in [-0.1, -0.05) is 12.1 Å². The Bertz CT molecular complexity index is 817. The van der Waals surface area contributed by atoms with E-state index in [2.05, 4.69) is 5.32 Å². The second kappa shape index (κ2) is 7.88. The molecule has 0 spiro atoms. The van der Waals surface area contributed by atoms with Crippen molar-refractivity contribution in [1.82, 2.24) is 5.32 Å². The van der Waals surface area contributed by atoms with Gasteiger partial charge in [-0.3, -0.25) is 14.9 Å². The molecule has 0 aliphatic carbocycles. The molecule has 2 rings (SSSR count). The van der Waals surface area contributed by atoms with Crippen molar-refractivity contribution in [2.45, 2.75) is 12.5 Å². The van der Waals surface area contributed by atoms with E-state index in [1.54, 1.807) is 6.07 Å². The number of carbonyl (C=O) groups excluding carboxylic acids is 2. The predicted octanol–water partition coefficient (Wildman–Crippen LogP) is 0.455. The summed E-state index contributed by atoms with van der Waals surface area (Å²) < 4.78 is 27.3. The van der Waals surface area contributed by atoms with Crippen LogP contribution in [0.2, 0.25) is 0 Å². The maximum atomic E-state index is 11.6. The molecule has 0 aromatic heterocycles. The third-order valence-corrected chi connectivity index (χ3v) is 5.24. The second-order valence-electron chi connectivity index (χ2n) is 5.42. The lowest BCUT2D eigenvalue weighted by Crippen LogP contribution is -2.38. The number of nitro benzene ring substituents is 1. The lowest BCUT2D eigenvalue weighted by Gasteiger charge is -2.10. The van der Waals surface area contributed by atoms with Crippen LogP contribution in [0.5, 0.6) is 0 Å². The van der Waals surface area contributed by atoms with E-state index >= 15 is 0 Å². The molecule has 1 aliphatic heterocycles. The Morgan fingerprint density at radius 3 is 2.72 bits per heavy atom.